The molecule has 2 N–H and O–H groups in total. The van der Waals surface area contributed by atoms with Crippen LogP contribution >= 0.6 is 0 Å². The fourth-order valence-electron chi connectivity index (χ4n) is 1.44. The maximum absolute atomic E-state index is 10.8. The van der Waals surface area contributed by atoms with Crippen molar-refractivity contribution in [2.45, 2.75) is 20.3 Å². The molecule has 0 saturated carbocycles. The van der Waals surface area contributed by atoms with Gasteiger partial charge in [0.1, 0.15) is 11.5 Å². The molecule has 0 aliphatic carbocycles. The lowest BCUT2D eigenvalue weighted by Gasteiger charge is -2.13. The Morgan fingerprint density at radius 1 is 1.50 bits per heavy atom. The summed E-state index contributed by atoms with van der Waals surface area (Å²) in [7, 11) is 0. The number of carbonyl (C=O) groups is 1. The van der Waals surface area contributed by atoms with E-state index in [1.807, 2.05) is 6.92 Å². The Labute approximate surface area is 94.5 Å². The molecule has 0 bridgehead atoms. The third-order valence-electron chi connectivity index (χ3n) is 2.34. The number of phenolic OH excluding ortho intramolecular Hbond substituents is 1. The van der Waals surface area contributed by atoms with Gasteiger partial charge in [0, 0.05) is 5.56 Å². The van der Waals surface area contributed by atoms with Crippen molar-refractivity contribution < 1.29 is 19.7 Å². The molecular weight excluding hydrogens is 208 g/mol. The minimum atomic E-state index is -0.884. The second kappa shape index (κ2) is 5.39. The van der Waals surface area contributed by atoms with E-state index in [9.17, 15) is 9.90 Å². The monoisotopic (exact) mass is 224 g/mol. The predicted molar refractivity (Wildman–Crippen MR) is 59.8 cm³/mol. The molecule has 0 spiro atoms. The van der Waals surface area contributed by atoms with Gasteiger partial charge in [0.05, 0.1) is 12.5 Å². The maximum Gasteiger partial charge on any atom is 0.306 e. The van der Waals surface area contributed by atoms with E-state index in [0.717, 1.165) is 0 Å². The molecule has 16 heavy (non-hydrogen) atoms. The van der Waals surface area contributed by atoms with E-state index in [4.69, 9.17) is 9.84 Å². The number of hydrogen-bond donors (Lipinski definition) is 2. The van der Waals surface area contributed by atoms with Crippen LogP contribution in [0.5, 0.6) is 11.5 Å². The standard InChI is InChI=1S/C12H16O4/c1-3-16-11-6-4-5-10(13)9(11)7-8(2)12(14)15/h4-6,8,13H,3,7H2,1-2H3,(H,14,15). The first-order chi connectivity index (χ1) is 7.56. The Bertz CT molecular complexity index is 373. The Morgan fingerprint density at radius 2 is 2.19 bits per heavy atom. The molecule has 4 nitrogen and oxygen atoms in total. The number of aromatic hydroxyl groups is 1. The number of carboxylic acid groups (broad SMARTS) is 1. The van der Waals surface area contributed by atoms with Crippen LogP contribution in [0.1, 0.15) is 19.4 Å². The molecule has 1 unspecified atom stereocenters. The molecule has 1 atom stereocenters. The molecule has 88 valence electrons. The largest absolute Gasteiger partial charge is 0.508 e. The summed E-state index contributed by atoms with van der Waals surface area (Å²) in [5.74, 6) is -0.798. The summed E-state index contributed by atoms with van der Waals surface area (Å²) in [5.41, 5.74) is 0.555. The molecule has 0 aliphatic heterocycles. The van der Waals surface area contributed by atoms with E-state index in [0.29, 0.717) is 17.9 Å². The Kier molecular flexibility index (Phi) is 4.17. The van der Waals surface area contributed by atoms with Crippen LogP contribution in [0.15, 0.2) is 18.2 Å². The van der Waals surface area contributed by atoms with Crippen molar-refractivity contribution in [1.29, 1.82) is 0 Å². The van der Waals surface area contributed by atoms with Gasteiger partial charge in [0.25, 0.3) is 0 Å². The SMILES string of the molecule is CCOc1cccc(O)c1CC(C)C(=O)O. The summed E-state index contributed by atoms with van der Waals surface area (Å²) in [6, 6.07) is 4.94. The summed E-state index contributed by atoms with van der Waals surface area (Å²) in [6.07, 6.45) is 0.261. The number of ether oxygens (including phenoxy) is 1. The van der Waals surface area contributed by atoms with Gasteiger partial charge in [-0.15, -0.1) is 0 Å². The number of hydrogen-bond acceptors (Lipinski definition) is 3. The van der Waals surface area contributed by atoms with E-state index in [2.05, 4.69) is 0 Å². The molecule has 0 amide bonds. The Balaban J connectivity index is 2.96. The molecule has 1 aromatic carbocycles. The van der Waals surface area contributed by atoms with Crippen molar-refractivity contribution in [2.75, 3.05) is 6.61 Å². The van der Waals surface area contributed by atoms with Crippen LogP contribution in [0.25, 0.3) is 0 Å². The predicted octanol–water partition coefficient (Wildman–Crippen LogP) is 2.05. The van der Waals surface area contributed by atoms with Gasteiger partial charge in [0.15, 0.2) is 0 Å². The van der Waals surface area contributed by atoms with Crippen LogP contribution < -0.4 is 4.74 Å². The van der Waals surface area contributed by atoms with Gasteiger partial charge in [-0.2, -0.15) is 0 Å². The normalized spacial score (nSPS) is 12.1. The van der Waals surface area contributed by atoms with Gasteiger partial charge in [-0.25, -0.2) is 0 Å². The lowest BCUT2D eigenvalue weighted by molar-refractivity contribution is -0.141. The second-order valence-corrected chi connectivity index (χ2v) is 3.63. The molecule has 0 saturated heterocycles. The number of aliphatic carboxylic acids is 1. The van der Waals surface area contributed by atoms with Crippen LogP contribution in [-0.2, 0) is 11.2 Å². The highest BCUT2D eigenvalue weighted by Gasteiger charge is 2.17. The van der Waals surface area contributed by atoms with Crippen molar-refractivity contribution in [2.24, 2.45) is 5.92 Å². The van der Waals surface area contributed by atoms with Crippen LogP contribution in [0, 0.1) is 5.92 Å². The first-order valence-corrected chi connectivity index (χ1v) is 5.22. The highest BCUT2D eigenvalue weighted by Crippen LogP contribution is 2.30. The smallest absolute Gasteiger partial charge is 0.306 e. The fourth-order valence-corrected chi connectivity index (χ4v) is 1.44. The van der Waals surface area contributed by atoms with Crippen LogP contribution in [0.3, 0.4) is 0 Å². The highest BCUT2D eigenvalue weighted by atomic mass is 16.5. The van der Waals surface area contributed by atoms with Crippen LogP contribution in [0.2, 0.25) is 0 Å². The zero-order valence-corrected chi connectivity index (χ0v) is 9.43. The average Bonchev–Trinajstić information content (AvgIpc) is 2.23. The van der Waals surface area contributed by atoms with Crippen molar-refractivity contribution in [1.82, 2.24) is 0 Å². The Morgan fingerprint density at radius 3 is 2.75 bits per heavy atom. The van der Waals surface area contributed by atoms with Gasteiger partial charge in [-0.05, 0) is 25.5 Å². The average molecular weight is 224 g/mol. The molecule has 0 aliphatic rings. The topological polar surface area (TPSA) is 66.8 Å². The zero-order valence-electron chi connectivity index (χ0n) is 9.43. The molecule has 0 heterocycles. The van der Waals surface area contributed by atoms with Gasteiger partial charge in [-0.3, -0.25) is 4.79 Å². The van der Waals surface area contributed by atoms with Crippen molar-refractivity contribution >= 4 is 5.97 Å². The molecule has 4 heteroatoms. The highest BCUT2D eigenvalue weighted by molar-refractivity contribution is 5.70. The van der Waals surface area contributed by atoms with E-state index in [1.54, 1.807) is 19.1 Å². The third kappa shape index (κ3) is 2.89. The lowest BCUT2D eigenvalue weighted by Crippen LogP contribution is -2.13. The minimum absolute atomic E-state index is 0.0825. The molecular formula is C12H16O4. The van der Waals surface area contributed by atoms with Crippen LogP contribution in [-0.4, -0.2) is 22.8 Å². The fraction of sp³-hybridized carbons (Fsp3) is 0.417. The molecule has 1 aromatic rings. The lowest BCUT2D eigenvalue weighted by atomic mass is 9.99. The van der Waals surface area contributed by atoms with Crippen molar-refractivity contribution in [3.05, 3.63) is 23.8 Å². The summed E-state index contributed by atoms with van der Waals surface area (Å²) in [5, 5.41) is 18.5. The molecule has 0 fully saturated rings. The zero-order chi connectivity index (χ0) is 12.1. The summed E-state index contributed by atoms with van der Waals surface area (Å²) in [4.78, 5) is 10.8. The van der Waals surface area contributed by atoms with Crippen molar-refractivity contribution in [3.8, 4) is 11.5 Å². The second-order valence-electron chi connectivity index (χ2n) is 3.63. The Hall–Kier alpha value is -1.71. The summed E-state index contributed by atoms with van der Waals surface area (Å²) in [6.45, 7) is 3.93. The number of benzene rings is 1. The third-order valence-corrected chi connectivity index (χ3v) is 2.34. The van der Waals surface area contributed by atoms with E-state index >= 15 is 0 Å². The number of rotatable bonds is 5. The first-order valence-electron chi connectivity index (χ1n) is 5.22. The minimum Gasteiger partial charge on any atom is -0.508 e. The van der Waals surface area contributed by atoms with Gasteiger partial charge in [0.2, 0.25) is 0 Å². The van der Waals surface area contributed by atoms with E-state index < -0.39 is 11.9 Å². The maximum atomic E-state index is 10.8. The number of phenols is 1. The van der Waals surface area contributed by atoms with Crippen LogP contribution in [0.4, 0.5) is 0 Å². The number of carboxylic acids is 1. The van der Waals surface area contributed by atoms with E-state index in [1.165, 1.54) is 6.07 Å². The summed E-state index contributed by atoms with van der Waals surface area (Å²) >= 11 is 0. The molecule has 0 aromatic heterocycles. The first kappa shape index (κ1) is 12.4. The van der Waals surface area contributed by atoms with Gasteiger partial charge in [-0.1, -0.05) is 13.0 Å². The van der Waals surface area contributed by atoms with Gasteiger partial charge >= 0.3 is 5.97 Å². The molecule has 1 rings (SSSR count). The van der Waals surface area contributed by atoms with Gasteiger partial charge < -0.3 is 14.9 Å². The van der Waals surface area contributed by atoms with Crippen molar-refractivity contribution in [3.63, 3.8) is 0 Å². The quantitative estimate of drug-likeness (QED) is 0.803. The van der Waals surface area contributed by atoms with E-state index in [-0.39, 0.29) is 12.2 Å². The summed E-state index contributed by atoms with van der Waals surface area (Å²) < 4.78 is 5.35. The molecule has 0 radical (unpaired) electrons.